The summed E-state index contributed by atoms with van der Waals surface area (Å²) in [6.45, 7) is 3.77. The summed E-state index contributed by atoms with van der Waals surface area (Å²) < 4.78 is 13.4. The van der Waals surface area contributed by atoms with E-state index >= 15 is 0 Å². The van der Waals surface area contributed by atoms with E-state index < -0.39 is 0 Å². The topological polar surface area (TPSA) is 17.1 Å². The van der Waals surface area contributed by atoms with Gasteiger partial charge in [-0.3, -0.25) is 4.79 Å². The molecule has 0 N–H and O–H groups in total. The summed E-state index contributed by atoms with van der Waals surface area (Å²) in [6.07, 6.45) is 0.480. The molecular weight excluding hydrogens is 179 g/mol. The Morgan fingerprint density at radius 3 is 2.50 bits per heavy atom. The molecule has 0 spiro atoms. The Labute approximate surface area is 82.9 Å². The molecule has 1 aliphatic carbocycles. The highest BCUT2D eigenvalue weighted by Crippen LogP contribution is 2.49. The van der Waals surface area contributed by atoms with E-state index in [0.29, 0.717) is 12.0 Å². The Kier molecular flexibility index (Phi) is 1.95. The van der Waals surface area contributed by atoms with Crippen LogP contribution in [0.15, 0.2) is 24.3 Å². The van der Waals surface area contributed by atoms with Gasteiger partial charge in [-0.05, 0) is 11.6 Å². The molecule has 0 radical (unpaired) electrons. The van der Waals surface area contributed by atoms with Crippen LogP contribution in [0.25, 0.3) is 0 Å². The number of carbonyl (C=O) groups excluding carboxylic acids is 1. The Morgan fingerprint density at radius 2 is 2.00 bits per heavy atom. The first-order chi connectivity index (χ1) is 6.53. The largest absolute Gasteiger partial charge is 0.299 e. The fraction of sp³-hybridized carbons (Fsp3) is 0.417. The second kappa shape index (κ2) is 2.91. The van der Waals surface area contributed by atoms with Crippen LogP contribution in [0.5, 0.6) is 0 Å². The van der Waals surface area contributed by atoms with Gasteiger partial charge < -0.3 is 0 Å². The molecule has 0 aliphatic heterocycles. The molecule has 74 valence electrons. The maximum Gasteiger partial charge on any atom is 0.139 e. The molecular formula is C12H13FO. The van der Waals surface area contributed by atoms with Gasteiger partial charge in [0.1, 0.15) is 11.6 Å². The molecule has 1 aromatic carbocycles. The molecule has 0 amide bonds. The summed E-state index contributed by atoms with van der Waals surface area (Å²) >= 11 is 0. The minimum absolute atomic E-state index is 0.0520. The maximum atomic E-state index is 13.4. The summed E-state index contributed by atoms with van der Waals surface area (Å²) in [5, 5.41) is 0. The molecule has 1 nitrogen and oxygen atoms in total. The molecule has 1 atom stereocenters. The van der Waals surface area contributed by atoms with E-state index in [1.807, 2.05) is 19.9 Å². The fourth-order valence-electron chi connectivity index (χ4n) is 2.02. The number of carbonyl (C=O) groups is 1. The molecule has 1 aromatic rings. The lowest BCUT2D eigenvalue weighted by Gasteiger charge is -2.42. The van der Waals surface area contributed by atoms with Gasteiger partial charge >= 0.3 is 0 Å². The van der Waals surface area contributed by atoms with E-state index in [2.05, 4.69) is 0 Å². The van der Waals surface area contributed by atoms with Crippen LogP contribution in [0.3, 0.4) is 0 Å². The third-order valence-electron chi connectivity index (χ3n) is 3.26. The predicted molar refractivity (Wildman–Crippen MR) is 52.5 cm³/mol. The lowest BCUT2D eigenvalue weighted by Crippen LogP contribution is -2.43. The van der Waals surface area contributed by atoms with Gasteiger partial charge in [0.05, 0.1) is 0 Å². The summed E-state index contributed by atoms with van der Waals surface area (Å²) in [5.74, 6) is 0.0834. The minimum Gasteiger partial charge on any atom is -0.299 e. The maximum absolute atomic E-state index is 13.4. The molecule has 1 saturated carbocycles. The van der Waals surface area contributed by atoms with Gasteiger partial charge in [-0.15, -0.1) is 0 Å². The van der Waals surface area contributed by atoms with Crippen LogP contribution in [0.4, 0.5) is 4.39 Å². The number of halogens is 1. The third-order valence-corrected chi connectivity index (χ3v) is 3.26. The van der Waals surface area contributed by atoms with Crippen LogP contribution in [0.1, 0.15) is 31.7 Å². The number of hydrogen-bond donors (Lipinski definition) is 0. The van der Waals surface area contributed by atoms with Crippen LogP contribution in [-0.4, -0.2) is 5.78 Å². The fourth-order valence-corrected chi connectivity index (χ4v) is 2.02. The normalized spacial score (nSPS) is 24.5. The molecule has 0 bridgehead atoms. The van der Waals surface area contributed by atoms with Gasteiger partial charge in [0.25, 0.3) is 0 Å². The van der Waals surface area contributed by atoms with E-state index in [1.54, 1.807) is 12.1 Å². The monoisotopic (exact) mass is 192 g/mol. The SMILES string of the molecule is CC1(C)C(=O)CC1c1ccccc1F. The second-order valence-corrected chi connectivity index (χ2v) is 4.42. The molecule has 2 heteroatoms. The van der Waals surface area contributed by atoms with Crippen molar-refractivity contribution in [2.24, 2.45) is 5.41 Å². The van der Waals surface area contributed by atoms with Crippen molar-refractivity contribution in [1.82, 2.24) is 0 Å². The Morgan fingerprint density at radius 1 is 1.36 bits per heavy atom. The first-order valence-corrected chi connectivity index (χ1v) is 4.81. The lowest BCUT2D eigenvalue weighted by atomic mass is 9.59. The predicted octanol–water partition coefficient (Wildman–Crippen LogP) is 2.91. The zero-order valence-corrected chi connectivity index (χ0v) is 8.38. The molecule has 1 fully saturated rings. The van der Waals surface area contributed by atoms with Crippen molar-refractivity contribution in [1.29, 1.82) is 0 Å². The molecule has 2 rings (SSSR count). The van der Waals surface area contributed by atoms with Crippen molar-refractivity contribution >= 4 is 5.78 Å². The van der Waals surface area contributed by atoms with Crippen molar-refractivity contribution in [2.45, 2.75) is 26.2 Å². The summed E-state index contributed by atoms with van der Waals surface area (Å²) in [7, 11) is 0. The molecule has 14 heavy (non-hydrogen) atoms. The van der Waals surface area contributed by atoms with Crippen LogP contribution in [0, 0.1) is 11.2 Å². The van der Waals surface area contributed by atoms with Gasteiger partial charge in [0, 0.05) is 17.8 Å². The van der Waals surface area contributed by atoms with Gasteiger partial charge in [-0.1, -0.05) is 32.0 Å². The zero-order valence-electron chi connectivity index (χ0n) is 8.38. The average Bonchev–Trinajstić information content (AvgIpc) is 2.16. The van der Waals surface area contributed by atoms with Crippen LogP contribution in [0.2, 0.25) is 0 Å². The quantitative estimate of drug-likeness (QED) is 0.668. The lowest BCUT2D eigenvalue weighted by molar-refractivity contribution is -0.138. The second-order valence-electron chi connectivity index (χ2n) is 4.42. The summed E-state index contributed by atoms with van der Waals surface area (Å²) in [6, 6.07) is 6.71. The van der Waals surface area contributed by atoms with Crippen LogP contribution < -0.4 is 0 Å². The zero-order chi connectivity index (χ0) is 10.3. The highest BCUT2D eigenvalue weighted by molar-refractivity contribution is 5.92. The van der Waals surface area contributed by atoms with E-state index in [0.717, 1.165) is 0 Å². The minimum atomic E-state index is -0.387. The third kappa shape index (κ3) is 1.17. The van der Waals surface area contributed by atoms with Gasteiger partial charge in [-0.25, -0.2) is 4.39 Å². The molecule has 0 saturated heterocycles. The van der Waals surface area contributed by atoms with Crippen molar-refractivity contribution in [3.63, 3.8) is 0 Å². The highest BCUT2D eigenvalue weighted by atomic mass is 19.1. The number of ketones is 1. The molecule has 0 heterocycles. The number of hydrogen-bond acceptors (Lipinski definition) is 1. The Hall–Kier alpha value is -1.18. The van der Waals surface area contributed by atoms with E-state index in [4.69, 9.17) is 0 Å². The number of benzene rings is 1. The van der Waals surface area contributed by atoms with Gasteiger partial charge in [0.15, 0.2) is 0 Å². The molecule has 0 aromatic heterocycles. The van der Waals surface area contributed by atoms with Crippen LogP contribution in [-0.2, 0) is 4.79 Å². The summed E-state index contributed by atoms with van der Waals surface area (Å²) in [5.41, 5.74) is 0.291. The van der Waals surface area contributed by atoms with Gasteiger partial charge in [0.2, 0.25) is 0 Å². The van der Waals surface area contributed by atoms with Crippen molar-refractivity contribution in [3.05, 3.63) is 35.6 Å². The highest BCUT2D eigenvalue weighted by Gasteiger charge is 2.48. The van der Waals surface area contributed by atoms with Crippen molar-refractivity contribution in [3.8, 4) is 0 Å². The van der Waals surface area contributed by atoms with E-state index in [-0.39, 0.29) is 22.9 Å². The standard InChI is InChI=1S/C12H13FO/c1-12(2)9(7-11(12)14)8-5-3-4-6-10(8)13/h3-6,9H,7H2,1-2H3. The molecule has 1 aliphatic rings. The summed E-state index contributed by atoms with van der Waals surface area (Å²) in [4.78, 5) is 11.3. The van der Waals surface area contributed by atoms with E-state index in [1.165, 1.54) is 6.07 Å². The first kappa shape index (κ1) is 9.38. The number of Topliss-reactive ketones (excluding diaryl/α,β-unsaturated/α-hetero) is 1. The smallest absolute Gasteiger partial charge is 0.139 e. The van der Waals surface area contributed by atoms with Crippen LogP contribution >= 0.6 is 0 Å². The van der Waals surface area contributed by atoms with Crippen molar-refractivity contribution in [2.75, 3.05) is 0 Å². The first-order valence-electron chi connectivity index (χ1n) is 4.81. The number of rotatable bonds is 1. The average molecular weight is 192 g/mol. The Bertz CT molecular complexity index is 382. The van der Waals surface area contributed by atoms with Crippen molar-refractivity contribution < 1.29 is 9.18 Å². The Balaban J connectivity index is 2.35. The van der Waals surface area contributed by atoms with E-state index in [9.17, 15) is 9.18 Å². The van der Waals surface area contributed by atoms with Gasteiger partial charge in [-0.2, -0.15) is 0 Å². The molecule has 1 unspecified atom stereocenters.